The van der Waals surface area contributed by atoms with Crippen molar-refractivity contribution in [1.82, 2.24) is 4.90 Å². The largest absolute Gasteiger partial charge is 0.423 e. The molecular formula is C25H30N2O2. The molecule has 0 aliphatic carbocycles. The van der Waals surface area contributed by atoms with Crippen molar-refractivity contribution < 1.29 is 4.42 Å². The molecule has 152 valence electrons. The summed E-state index contributed by atoms with van der Waals surface area (Å²) in [6.07, 6.45) is 3.10. The van der Waals surface area contributed by atoms with Crippen molar-refractivity contribution in [1.29, 1.82) is 0 Å². The molecule has 4 rings (SSSR count). The molecule has 1 aliphatic heterocycles. The number of nitrogens with one attached hydrogen (secondary N) is 1. The lowest BCUT2D eigenvalue weighted by molar-refractivity contribution is 0.211. The lowest BCUT2D eigenvalue weighted by atomic mass is 10.0. The minimum Gasteiger partial charge on any atom is -0.423 e. The van der Waals surface area contributed by atoms with Gasteiger partial charge in [-0.05, 0) is 67.5 Å². The van der Waals surface area contributed by atoms with Crippen molar-refractivity contribution in [2.45, 2.75) is 52.6 Å². The lowest BCUT2D eigenvalue weighted by Crippen LogP contribution is -2.38. The number of rotatable bonds is 5. The number of benzene rings is 2. The summed E-state index contributed by atoms with van der Waals surface area (Å²) >= 11 is 0. The van der Waals surface area contributed by atoms with E-state index in [-0.39, 0.29) is 5.63 Å². The van der Waals surface area contributed by atoms with Gasteiger partial charge < -0.3 is 9.73 Å². The van der Waals surface area contributed by atoms with E-state index in [1.54, 1.807) is 6.07 Å². The van der Waals surface area contributed by atoms with Gasteiger partial charge in [0.15, 0.2) is 0 Å². The fourth-order valence-electron chi connectivity index (χ4n) is 4.16. The van der Waals surface area contributed by atoms with E-state index in [0.29, 0.717) is 11.6 Å². The van der Waals surface area contributed by atoms with E-state index in [9.17, 15) is 4.79 Å². The van der Waals surface area contributed by atoms with E-state index in [2.05, 4.69) is 55.3 Å². The van der Waals surface area contributed by atoms with Gasteiger partial charge in [0.2, 0.25) is 0 Å². The average Bonchev–Trinajstić information content (AvgIpc) is 2.72. The highest BCUT2D eigenvalue weighted by Gasteiger charge is 2.20. The maximum absolute atomic E-state index is 12.0. The van der Waals surface area contributed by atoms with Gasteiger partial charge in [-0.3, -0.25) is 4.90 Å². The molecule has 1 aromatic heterocycles. The number of likely N-dealkylation sites (tertiary alicyclic amines) is 1. The van der Waals surface area contributed by atoms with Crippen LogP contribution in [0.25, 0.3) is 11.0 Å². The first-order valence-electron chi connectivity index (χ1n) is 10.6. The summed E-state index contributed by atoms with van der Waals surface area (Å²) in [7, 11) is 0. The van der Waals surface area contributed by atoms with Crippen LogP contribution < -0.4 is 10.9 Å². The van der Waals surface area contributed by atoms with Gasteiger partial charge in [0.1, 0.15) is 5.58 Å². The van der Waals surface area contributed by atoms with Crippen molar-refractivity contribution in [2.24, 2.45) is 0 Å². The Kier molecular flexibility index (Phi) is 5.72. The maximum atomic E-state index is 12.0. The lowest BCUT2D eigenvalue weighted by Gasteiger charge is -2.33. The zero-order chi connectivity index (χ0) is 20.4. The Morgan fingerprint density at radius 2 is 1.76 bits per heavy atom. The quantitative estimate of drug-likeness (QED) is 0.619. The SMILES string of the molecule is CCc1ccc2oc(=O)cc(NC3CCN(Cc4ccc(C)c(C)c4)CC3)c2c1. The minimum atomic E-state index is -0.295. The van der Waals surface area contributed by atoms with E-state index in [1.165, 1.54) is 22.3 Å². The molecule has 2 heterocycles. The van der Waals surface area contributed by atoms with E-state index < -0.39 is 0 Å². The molecule has 1 aliphatic rings. The van der Waals surface area contributed by atoms with Crippen LogP contribution in [0.1, 0.15) is 42.0 Å². The van der Waals surface area contributed by atoms with Gasteiger partial charge in [0.05, 0.1) is 5.69 Å². The van der Waals surface area contributed by atoms with Gasteiger partial charge in [-0.1, -0.05) is 31.2 Å². The number of nitrogens with zero attached hydrogens (tertiary/aromatic N) is 1. The zero-order valence-corrected chi connectivity index (χ0v) is 17.6. The molecule has 0 spiro atoms. The third-order valence-electron chi connectivity index (χ3n) is 6.14. The predicted molar refractivity (Wildman–Crippen MR) is 120 cm³/mol. The summed E-state index contributed by atoms with van der Waals surface area (Å²) in [6.45, 7) is 9.60. The van der Waals surface area contributed by atoms with Crippen LogP contribution in [0.3, 0.4) is 0 Å². The van der Waals surface area contributed by atoms with Gasteiger partial charge in [-0.15, -0.1) is 0 Å². The minimum absolute atomic E-state index is 0.295. The number of piperidine rings is 1. The first-order valence-corrected chi connectivity index (χ1v) is 10.6. The number of hydrogen-bond donors (Lipinski definition) is 1. The Morgan fingerprint density at radius 1 is 1.00 bits per heavy atom. The van der Waals surface area contributed by atoms with Crippen molar-refractivity contribution in [3.05, 3.63) is 75.1 Å². The summed E-state index contributed by atoms with van der Waals surface area (Å²) in [6, 6.07) is 14.8. The molecule has 0 amide bonds. The Morgan fingerprint density at radius 3 is 2.48 bits per heavy atom. The molecule has 2 aromatic carbocycles. The summed E-state index contributed by atoms with van der Waals surface area (Å²) in [4.78, 5) is 14.5. The number of hydrogen-bond acceptors (Lipinski definition) is 4. The smallest absolute Gasteiger partial charge is 0.338 e. The Balaban J connectivity index is 1.43. The first-order chi connectivity index (χ1) is 14.0. The molecule has 0 saturated carbocycles. The molecule has 0 bridgehead atoms. The molecule has 0 unspecified atom stereocenters. The van der Waals surface area contributed by atoms with Crippen LogP contribution >= 0.6 is 0 Å². The Labute approximate surface area is 172 Å². The standard InChI is InChI=1S/C25H30N2O2/c1-4-19-7-8-24-22(14-19)23(15-25(28)29-24)26-21-9-11-27(12-10-21)16-20-6-5-17(2)18(3)13-20/h5-8,13-15,21,26H,4,9-12,16H2,1-3H3. The van der Waals surface area contributed by atoms with Crippen LogP contribution in [0.15, 0.2) is 51.7 Å². The second kappa shape index (κ2) is 8.42. The van der Waals surface area contributed by atoms with Gasteiger partial charge in [-0.2, -0.15) is 0 Å². The van der Waals surface area contributed by atoms with Crippen LogP contribution in [-0.2, 0) is 13.0 Å². The Bertz CT molecular complexity index is 1060. The van der Waals surface area contributed by atoms with Gasteiger partial charge in [0, 0.05) is 37.1 Å². The molecule has 29 heavy (non-hydrogen) atoms. The first kappa shape index (κ1) is 19.7. The van der Waals surface area contributed by atoms with Crippen LogP contribution in [0.4, 0.5) is 5.69 Å². The maximum Gasteiger partial charge on any atom is 0.338 e. The fraction of sp³-hybridized carbons (Fsp3) is 0.400. The van der Waals surface area contributed by atoms with Crippen LogP contribution in [0.5, 0.6) is 0 Å². The molecule has 0 atom stereocenters. The van der Waals surface area contributed by atoms with E-state index in [4.69, 9.17) is 4.42 Å². The van der Waals surface area contributed by atoms with Gasteiger partial charge >= 0.3 is 5.63 Å². The zero-order valence-electron chi connectivity index (χ0n) is 17.6. The molecule has 1 fully saturated rings. The topological polar surface area (TPSA) is 45.5 Å². The number of anilines is 1. The molecule has 4 nitrogen and oxygen atoms in total. The highest BCUT2D eigenvalue weighted by Crippen LogP contribution is 2.26. The predicted octanol–water partition coefficient (Wildman–Crippen LogP) is 5.05. The van der Waals surface area contributed by atoms with Crippen LogP contribution in [0, 0.1) is 13.8 Å². The van der Waals surface area contributed by atoms with E-state index in [1.807, 2.05) is 12.1 Å². The van der Waals surface area contributed by atoms with Crippen molar-refractivity contribution in [3.8, 4) is 0 Å². The van der Waals surface area contributed by atoms with Crippen LogP contribution in [-0.4, -0.2) is 24.0 Å². The molecule has 1 saturated heterocycles. The molecule has 4 heteroatoms. The normalized spacial score (nSPS) is 15.7. The number of fused-ring (bicyclic) bond motifs is 1. The second-order valence-corrected chi connectivity index (χ2v) is 8.28. The van der Waals surface area contributed by atoms with E-state index >= 15 is 0 Å². The summed E-state index contributed by atoms with van der Waals surface area (Å²) in [5.74, 6) is 0. The average molecular weight is 391 g/mol. The summed E-state index contributed by atoms with van der Waals surface area (Å²) in [5, 5.41) is 4.63. The number of aryl methyl sites for hydroxylation is 3. The summed E-state index contributed by atoms with van der Waals surface area (Å²) < 4.78 is 5.39. The molecule has 1 N–H and O–H groups in total. The molecular weight excluding hydrogens is 360 g/mol. The second-order valence-electron chi connectivity index (χ2n) is 8.28. The Hall–Kier alpha value is -2.59. The van der Waals surface area contributed by atoms with Crippen molar-refractivity contribution >= 4 is 16.7 Å². The van der Waals surface area contributed by atoms with Crippen LogP contribution in [0.2, 0.25) is 0 Å². The van der Waals surface area contributed by atoms with Crippen molar-refractivity contribution in [3.63, 3.8) is 0 Å². The monoisotopic (exact) mass is 390 g/mol. The van der Waals surface area contributed by atoms with Gasteiger partial charge in [0.25, 0.3) is 0 Å². The highest BCUT2D eigenvalue weighted by atomic mass is 16.4. The fourth-order valence-corrected chi connectivity index (χ4v) is 4.16. The summed E-state index contributed by atoms with van der Waals surface area (Å²) in [5.41, 5.74) is 6.61. The van der Waals surface area contributed by atoms with Crippen molar-refractivity contribution in [2.75, 3.05) is 18.4 Å². The highest BCUT2D eigenvalue weighted by molar-refractivity contribution is 5.90. The third-order valence-corrected chi connectivity index (χ3v) is 6.14. The van der Waals surface area contributed by atoms with E-state index in [0.717, 1.165) is 50.0 Å². The van der Waals surface area contributed by atoms with Gasteiger partial charge in [-0.25, -0.2) is 4.79 Å². The molecule has 3 aromatic rings. The third kappa shape index (κ3) is 4.54. The molecule has 0 radical (unpaired) electrons.